The van der Waals surface area contributed by atoms with E-state index in [4.69, 9.17) is 4.74 Å². The van der Waals surface area contributed by atoms with Crippen LogP contribution in [-0.4, -0.2) is 61.6 Å². The molecule has 1 fully saturated rings. The average molecular weight is 256 g/mol. The zero-order valence-corrected chi connectivity index (χ0v) is 12.3. The Kier molecular flexibility index (Phi) is 6.65. The van der Waals surface area contributed by atoms with Gasteiger partial charge >= 0.3 is 5.97 Å². The number of esters is 1. The second-order valence-corrected chi connectivity index (χ2v) is 5.26. The Hall–Kier alpha value is -0.610. The fourth-order valence-corrected chi connectivity index (χ4v) is 2.62. The van der Waals surface area contributed by atoms with Crippen molar-refractivity contribution in [3.63, 3.8) is 0 Å². The second kappa shape index (κ2) is 7.74. The third-order valence-electron chi connectivity index (χ3n) is 3.88. The number of carbonyl (C=O) groups is 1. The van der Waals surface area contributed by atoms with Crippen molar-refractivity contribution in [2.45, 2.75) is 39.7 Å². The van der Waals surface area contributed by atoms with Crippen LogP contribution in [0.5, 0.6) is 0 Å². The highest BCUT2D eigenvalue weighted by atomic mass is 16.5. The predicted octanol–water partition coefficient (Wildman–Crippen LogP) is 1.60. The fraction of sp³-hybridized carbons (Fsp3) is 0.929. The van der Waals surface area contributed by atoms with E-state index in [-0.39, 0.29) is 11.9 Å². The van der Waals surface area contributed by atoms with Gasteiger partial charge in [-0.1, -0.05) is 13.8 Å². The van der Waals surface area contributed by atoms with Gasteiger partial charge in [-0.15, -0.1) is 0 Å². The van der Waals surface area contributed by atoms with Crippen molar-refractivity contribution in [2.24, 2.45) is 5.92 Å². The third-order valence-corrected chi connectivity index (χ3v) is 3.88. The van der Waals surface area contributed by atoms with Gasteiger partial charge in [-0.05, 0) is 46.4 Å². The Bertz CT molecular complexity index is 250. The molecule has 0 amide bonds. The first-order valence-electron chi connectivity index (χ1n) is 7.17. The van der Waals surface area contributed by atoms with Crippen LogP contribution in [0, 0.1) is 5.92 Å². The normalized spacial score (nSPS) is 20.1. The number of piperidine rings is 1. The van der Waals surface area contributed by atoms with Gasteiger partial charge in [-0.25, -0.2) is 0 Å². The van der Waals surface area contributed by atoms with Gasteiger partial charge in [-0.2, -0.15) is 0 Å². The molecule has 106 valence electrons. The second-order valence-electron chi connectivity index (χ2n) is 5.26. The van der Waals surface area contributed by atoms with Crippen LogP contribution < -0.4 is 0 Å². The Morgan fingerprint density at radius 2 is 2.00 bits per heavy atom. The van der Waals surface area contributed by atoms with Gasteiger partial charge in [0, 0.05) is 12.6 Å². The molecule has 0 aromatic heterocycles. The molecular weight excluding hydrogens is 228 g/mol. The molecule has 0 N–H and O–H groups in total. The molecule has 1 unspecified atom stereocenters. The van der Waals surface area contributed by atoms with Crippen molar-refractivity contribution >= 4 is 5.97 Å². The van der Waals surface area contributed by atoms with Gasteiger partial charge in [0.2, 0.25) is 0 Å². The minimum Gasteiger partial charge on any atom is -0.466 e. The van der Waals surface area contributed by atoms with Crippen molar-refractivity contribution in [2.75, 3.05) is 39.8 Å². The quantitative estimate of drug-likeness (QED) is 0.676. The van der Waals surface area contributed by atoms with Gasteiger partial charge in [-0.3, -0.25) is 4.79 Å². The van der Waals surface area contributed by atoms with Crippen molar-refractivity contribution in [1.29, 1.82) is 0 Å². The SMILES string of the molecule is CCOC(=O)C(C)CN(C)C1CCN(CC)CC1. The number of ether oxygens (including phenoxy) is 1. The monoisotopic (exact) mass is 256 g/mol. The van der Waals surface area contributed by atoms with Gasteiger partial charge in [0.25, 0.3) is 0 Å². The number of hydrogen-bond acceptors (Lipinski definition) is 4. The first kappa shape index (κ1) is 15.4. The summed E-state index contributed by atoms with van der Waals surface area (Å²) in [6.45, 7) is 10.8. The summed E-state index contributed by atoms with van der Waals surface area (Å²) in [6.07, 6.45) is 2.42. The van der Waals surface area contributed by atoms with Crippen molar-refractivity contribution in [3.8, 4) is 0 Å². The van der Waals surface area contributed by atoms with E-state index in [2.05, 4.69) is 23.8 Å². The smallest absolute Gasteiger partial charge is 0.309 e. The molecule has 0 radical (unpaired) electrons. The van der Waals surface area contributed by atoms with Crippen LogP contribution >= 0.6 is 0 Å². The third kappa shape index (κ3) is 4.58. The average Bonchev–Trinajstić information content (AvgIpc) is 2.39. The number of rotatable bonds is 6. The molecule has 1 rings (SSSR count). The standard InChI is InChI=1S/C14H28N2O2/c1-5-16-9-7-13(8-10-16)15(4)11-12(3)14(17)18-6-2/h12-13H,5-11H2,1-4H3. The summed E-state index contributed by atoms with van der Waals surface area (Å²) < 4.78 is 5.05. The molecular formula is C14H28N2O2. The molecule has 0 spiro atoms. The van der Waals surface area contributed by atoms with E-state index in [1.54, 1.807) is 0 Å². The Morgan fingerprint density at radius 1 is 1.39 bits per heavy atom. The van der Waals surface area contributed by atoms with Crippen LogP contribution in [0.1, 0.15) is 33.6 Å². The summed E-state index contributed by atoms with van der Waals surface area (Å²) in [7, 11) is 2.13. The molecule has 0 aromatic rings. The van der Waals surface area contributed by atoms with E-state index in [0.717, 1.165) is 13.1 Å². The molecule has 0 aromatic carbocycles. The van der Waals surface area contributed by atoms with Crippen LogP contribution in [0.4, 0.5) is 0 Å². The van der Waals surface area contributed by atoms with Crippen molar-refractivity contribution in [1.82, 2.24) is 9.80 Å². The molecule has 1 heterocycles. The van der Waals surface area contributed by atoms with Crippen LogP contribution in [-0.2, 0) is 9.53 Å². The maximum absolute atomic E-state index is 11.6. The van der Waals surface area contributed by atoms with Gasteiger partial charge < -0.3 is 14.5 Å². The summed E-state index contributed by atoms with van der Waals surface area (Å²) >= 11 is 0. The van der Waals surface area contributed by atoms with E-state index in [9.17, 15) is 4.79 Å². The molecule has 1 atom stereocenters. The van der Waals surface area contributed by atoms with Crippen molar-refractivity contribution < 1.29 is 9.53 Å². The lowest BCUT2D eigenvalue weighted by atomic mass is 10.0. The molecule has 0 bridgehead atoms. The number of nitrogens with zero attached hydrogens (tertiary/aromatic N) is 2. The Labute approximate surface area is 111 Å². The van der Waals surface area contributed by atoms with Crippen LogP contribution in [0.3, 0.4) is 0 Å². The Balaban J connectivity index is 2.32. The molecule has 1 aliphatic rings. The van der Waals surface area contributed by atoms with Gasteiger partial charge in [0.1, 0.15) is 0 Å². The lowest BCUT2D eigenvalue weighted by molar-refractivity contribution is -0.148. The first-order chi connectivity index (χ1) is 8.58. The summed E-state index contributed by atoms with van der Waals surface area (Å²) in [4.78, 5) is 16.4. The van der Waals surface area contributed by atoms with Crippen LogP contribution in [0.25, 0.3) is 0 Å². The fourth-order valence-electron chi connectivity index (χ4n) is 2.62. The molecule has 4 nitrogen and oxygen atoms in total. The highest BCUT2D eigenvalue weighted by Gasteiger charge is 2.24. The van der Waals surface area contributed by atoms with Crippen molar-refractivity contribution in [3.05, 3.63) is 0 Å². The summed E-state index contributed by atoms with van der Waals surface area (Å²) in [5.74, 6) is -0.102. The summed E-state index contributed by atoms with van der Waals surface area (Å²) in [5.41, 5.74) is 0. The number of carbonyl (C=O) groups excluding carboxylic acids is 1. The Morgan fingerprint density at radius 3 is 2.50 bits per heavy atom. The maximum atomic E-state index is 11.6. The molecule has 4 heteroatoms. The van der Waals surface area contributed by atoms with Crippen LogP contribution in [0.2, 0.25) is 0 Å². The number of likely N-dealkylation sites (tertiary alicyclic amines) is 1. The van der Waals surface area contributed by atoms with E-state index in [0.29, 0.717) is 12.6 Å². The predicted molar refractivity (Wildman–Crippen MR) is 73.6 cm³/mol. The maximum Gasteiger partial charge on any atom is 0.309 e. The minimum absolute atomic E-state index is 0.0286. The first-order valence-corrected chi connectivity index (χ1v) is 7.17. The lowest BCUT2D eigenvalue weighted by Gasteiger charge is -2.37. The summed E-state index contributed by atoms with van der Waals surface area (Å²) in [6, 6.07) is 0.615. The van der Waals surface area contributed by atoms with Gasteiger partial charge in [0.05, 0.1) is 12.5 Å². The largest absolute Gasteiger partial charge is 0.466 e. The summed E-state index contributed by atoms with van der Waals surface area (Å²) in [5, 5.41) is 0. The molecule has 0 saturated carbocycles. The molecule has 1 saturated heterocycles. The van der Waals surface area contributed by atoms with E-state index in [1.807, 2.05) is 13.8 Å². The highest BCUT2D eigenvalue weighted by Crippen LogP contribution is 2.16. The van der Waals surface area contributed by atoms with Crippen LogP contribution in [0.15, 0.2) is 0 Å². The van der Waals surface area contributed by atoms with E-state index < -0.39 is 0 Å². The topological polar surface area (TPSA) is 32.8 Å². The zero-order valence-electron chi connectivity index (χ0n) is 12.3. The lowest BCUT2D eigenvalue weighted by Crippen LogP contribution is -2.45. The zero-order chi connectivity index (χ0) is 13.5. The highest BCUT2D eigenvalue weighted by molar-refractivity contribution is 5.72. The van der Waals surface area contributed by atoms with Gasteiger partial charge in [0.15, 0.2) is 0 Å². The van der Waals surface area contributed by atoms with E-state index in [1.165, 1.54) is 25.9 Å². The minimum atomic E-state index is -0.0738. The molecule has 1 aliphatic heterocycles. The molecule has 18 heavy (non-hydrogen) atoms. The molecule has 0 aliphatic carbocycles. The number of hydrogen-bond donors (Lipinski definition) is 0. The van der Waals surface area contributed by atoms with E-state index >= 15 is 0 Å².